The summed E-state index contributed by atoms with van der Waals surface area (Å²) in [4.78, 5) is 11.7. The molecule has 0 saturated carbocycles. The Bertz CT molecular complexity index is 397. The maximum absolute atomic E-state index is 11.7. The summed E-state index contributed by atoms with van der Waals surface area (Å²) < 4.78 is 1.07. The molecule has 0 aliphatic carbocycles. The Labute approximate surface area is 105 Å². The van der Waals surface area contributed by atoms with E-state index in [0.29, 0.717) is 18.6 Å². The molecule has 0 spiro atoms. The summed E-state index contributed by atoms with van der Waals surface area (Å²) in [6.45, 7) is 4.16. The number of nitrogens with one attached hydrogen (secondary N) is 1. The molecule has 0 bridgehead atoms. The molecule has 1 unspecified atom stereocenters. The lowest BCUT2D eigenvalue weighted by Crippen LogP contribution is -2.48. The highest BCUT2D eigenvalue weighted by atomic mass is 79.9. The standard InChI is InChI=1S/C13H16BrNO/c1-13(2)8-11(16)7-12(15-13)9-3-5-10(14)6-4-9/h3-6,12,15H,7-8H2,1-2H3. The summed E-state index contributed by atoms with van der Waals surface area (Å²) in [5, 5.41) is 3.52. The van der Waals surface area contributed by atoms with Crippen LogP contribution in [-0.2, 0) is 4.79 Å². The van der Waals surface area contributed by atoms with Crippen LogP contribution < -0.4 is 5.32 Å². The predicted octanol–water partition coefficient (Wildman–Crippen LogP) is 3.22. The zero-order valence-electron chi connectivity index (χ0n) is 9.59. The number of carbonyl (C=O) groups excluding carboxylic acids is 1. The lowest BCUT2D eigenvalue weighted by molar-refractivity contribution is -0.122. The fraction of sp³-hybridized carbons (Fsp3) is 0.462. The molecule has 1 heterocycles. The van der Waals surface area contributed by atoms with Crippen LogP contribution in [0.15, 0.2) is 28.7 Å². The van der Waals surface area contributed by atoms with Crippen molar-refractivity contribution in [2.24, 2.45) is 0 Å². The van der Waals surface area contributed by atoms with Gasteiger partial charge in [0.1, 0.15) is 5.78 Å². The largest absolute Gasteiger partial charge is 0.304 e. The second-order valence-corrected chi connectivity index (χ2v) is 5.97. The smallest absolute Gasteiger partial charge is 0.136 e. The van der Waals surface area contributed by atoms with E-state index >= 15 is 0 Å². The lowest BCUT2D eigenvalue weighted by atomic mass is 9.86. The molecule has 0 aromatic heterocycles. The highest BCUT2D eigenvalue weighted by Crippen LogP contribution is 2.29. The summed E-state index contributed by atoms with van der Waals surface area (Å²) in [6, 6.07) is 8.32. The molecule has 1 aromatic carbocycles. The van der Waals surface area contributed by atoms with Gasteiger partial charge in [-0.1, -0.05) is 28.1 Å². The number of hydrogen-bond donors (Lipinski definition) is 1. The normalized spacial score (nSPS) is 24.4. The summed E-state index contributed by atoms with van der Waals surface area (Å²) in [5.74, 6) is 0.344. The molecule has 2 rings (SSSR count). The van der Waals surface area contributed by atoms with Crippen LogP contribution in [0, 0.1) is 0 Å². The monoisotopic (exact) mass is 281 g/mol. The van der Waals surface area contributed by atoms with Gasteiger partial charge in [0.25, 0.3) is 0 Å². The summed E-state index contributed by atoms with van der Waals surface area (Å²) >= 11 is 3.42. The predicted molar refractivity (Wildman–Crippen MR) is 68.3 cm³/mol. The van der Waals surface area contributed by atoms with Crippen LogP contribution in [0.1, 0.15) is 38.3 Å². The Morgan fingerprint density at radius 3 is 2.50 bits per heavy atom. The molecule has 86 valence electrons. The Balaban J connectivity index is 2.21. The third-order valence-corrected chi connectivity index (χ3v) is 3.44. The number of carbonyl (C=O) groups is 1. The quantitative estimate of drug-likeness (QED) is 0.857. The first kappa shape index (κ1) is 11.8. The van der Waals surface area contributed by atoms with Crippen LogP contribution in [0.5, 0.6) is 0 Å². The van der Waals surface area contributed by atoms with E-state index in [1.54, 1.807) is 0 Å². The van der Waals surface area contributed by atoms with Crippen LogP contribution in [-0.4, -0.2) is 11.3 Å². The Morgan fingerprint density at radius 2 is 1.94 bits per heavy atom. The van der Waals surface area contributed by atoms with E-state index in [2.05, 4.69) is 47.2 Å². The van der Waals surface area contributed by atoms with Crippen molar-refractivity contribution in [1.82, 2.24) is 5.32 Å². The first-order chi connectivity index (χ1) is 7.46. The highest BCUT2D eigenvalue weighted by Gasteiger charge is 2.32. The molecule has 1 N–H and O–H groups in total. The average molecular weight is 282 g/mol. The molecule has 1 aromatic rings. The number of Topliss-reactive ketones (excluding diaryl/α,β-unsaturated/α-hetero) is 1. The van der Waals surface area contributed by atoms with Crippen molar-refractivity contribution < 1.29 is 4.79 Å². The average Bonchev–Trinajstić information content (AvgIpc) is 2.15. The van der Waals surface area contributed by atoms with Gasteiger partial charge in [0, 0.05) is 28.9 Å². The van der Waals surface area contributed by atoms with Crippen LogP contribution >= 0.6 is 15.9 Å². The molecule has 16 heavy (non-hydrogen) atoms. The maximum Gasteiger partial charge on any atom is 0.136 e. The van der Waals surface area contributed by atoms with Gasteiger partial charge in [-0.2, -0.15) is 0 Å². The molecule has 1 atom stereocenters. The summed E-state index contributed by atoms with van der Waals surface area (Å²) in [6.07, 6.45) is 1.23. The minimum atomic E-state index is -0.0902. The fourth-order valence-electron chi connectivity index (χ4n) is 2.26. The number of hydrogen-bond acceptors (Lipinski definition) is 2. The van der Waals surface area contributed by atoms with Crippen molar-refractivity contribution in [2.75, 3.05) is 0 Å². The minimum absolute atomic E-state index is 0.0902. The molecular formula is C13H16BrNO. The molecule has 1 aliphatic heterocycles. The summed E-state index contributed by atoms with van der Waals surface area (Å²) in [7, 11) is 0. The van der Waals surface area contributed by atoms with Gasteiger partial charge in [-0.3, -0.25) is 4.79 Å². The van der Waals surface area contributed by atoms with Crippen molar-refractivity contribution in [1.29, 1.82) is 0 Å². The fourth-order valence-corrected chi connectivity index (χ4v) is 2.53. The maximum atomic E-state index is 11.7. The minimum Gasteiger partial charge on any atom is -0.304 e. The third kappa shape index (κ3) is 2.71. The zero-order valence-corrected chi connectivity index (χ0v) is 11.2. The van der Waals surface area contributed by atoms with Gasteiger partial charge in [-0.05, 0) is 31.5 Å². The molecule has 1 fully saturated rings. The van der Waals surface area contributed by atoms with Gasteiger partial charge in [-0.25, -0.2) is 0 Å². The van der Waals surface area contributed by atoms with Gasteiger partial charge in [0.15, 0.2) is 0 Å². The van der Waals surface area contributed by atoms with Crippen LogP contribution in [0.2, 0.25) is 0 Å². The van der Waals surface area contributed by atoms with E-state index in [9.17, 15) is 4.79 Å². The van der Waals surface area contributed by atoms with Crippen molar-refractivity contribution >= 4 is 21.7 Å². The van der Waals surface area contributed by atoms with Crippen LogP contribution in [0.3, 0.4) is 0 Å². The van der Waals surface area contributed by atoms with E-state index < -0.39 is 0 Å². The highest BCUT2D eigenvalue weighted by molar-refractivity contribution is 9.10. The first-order valence-corrected chi connectivity index (χ1v) is 6.30. The Morgan fingerprint density at radius 1 is 1.31 bits per heavy atom. The molecule has 0 amide bonds. The number of benzene rings is 1. The lowest BCUT2D eigenvalue weighted by Gasteiger charge is -2.36. The van der Waals surface area contributed by atoms with E-state index in [4.69, 9.17) is 0 Å². The van der Waals surface area contributed by atoms with Crippen LogP contribution in [0.25, 0.3) is 0 Å². The van der Waals surface area contributed by atoms with Gasteiger partial charge in [0.05, 0.1) is 0 Å². The third-order valence-electron chi connectivity index (χ3n) is 2.91. The van der Waals surface area contributed by atoms with Gasteiger partial charge in [0.2, 0.25) is 0 Å². The van der Waals surface area contributed by atoms with Crippen molar-refractivity contribution in [3.63, 3.8) is 0 Å². The zero-order chi connectivity index (χ0) is 11.8. The van der Waals surface area contributed by atoms with E-state index in [1.165, 1.54) is 5.56 Å². The number of piperidine rings is 1. The van der Waals surface area contributed by atoms with Crippen LogP contribution in [0.4, 0.5) is 0 Å². The molecule has 1 saturated heterocycles. The molecule has 2 nitrogen and oxygen atoms in total. The number of ketones is 1. The molecule has 3 heteroatoms. The Kier molecular flexibility index (Phi) is 3.17. The van der Waals surface area contributed by atoms with Gasteiger partial charge in [-0.15, -0.1) is 0 Å². The molecule has 0 radical (unpaired) electrons. The summed E-state index contributed by atoms with van der Waals surface area (Å²) in [5.41, 5.74) is 1.09. The van der Waals surface area contributed by atoms with Gasteiger partial charge < -0.3 is 5.32 Å². The number of rotatable bonds is 1. The van der Waals surface area contributed by atoms with Crippen molar-refractivity contribution in [2.45, 2.75) is 38.3 Å². The second kappa shape index (κ2) is 4.30. The molecule has 1 aliphatic rings. The van der Waals surface area contributed by atoms with Crippen molar-refractivity contribution in [3.05, 3.63) is 34.3 Å². The first-order valence-electron chi connectivity index (χ1n) is 5.51. The molecular weight excluding hydrogens is 266 g/mol. The Hall–Kier alpha value is -0.670. The van der Waals surface area contributed by atoms with E-state index in [-0.39, 0.29) is 11.6 Å². The second-order valence-electron chi connectivity index (χ2n) is 5.05. The SMILES string of the molecule is CC1(C)CC(=O)CC(c2ccc(Br)cc2)N1. The van der Waals surface area contributed by atoms with E-state index in [1.807, 2.05) is 12.1 Å². The van der Waals surface area contributed by atoms with Gasteiger partial charge >= 0.3 is 0 Å². The number of halogens is 1. The van der Waals surface area contributed by atoms with E-state index in [0.717, 1.165) is 4.47 Å². The van der Waals surface area contributed by atoms with Crippen molar-refractivity contribution in [3.8, 4) is 0 Å². The topological polar surface area (TPSA) is 29.1 Å².